The molecule has 0 spiro atoms. The lowest BCUT2D eigenvalue weighted by atomic mass is 9.99. The minimum Gasteiger partial charge on any atom is -0.466 e. The Morgan fingerprint density at radius 3 is 1.62 bits per heavy atom. The van der Waals surface area contributed by atoms with Crippen molar-refractivity contribution < 1.29 is 49.3 Å². The van der Waals surface area contributed by atoms with Crippen molar-refractivity contribution in [1.82, 2.24) is 5.32 Å². The van der Waals surface area contributed by atoms with Crippen LogP contribution in [0, 0.1) is 0 Å². The van der Waals surface area contributed by atoms with Gasteiger partial charge in [0, 0.05) is 12.8 Å². The van der Waals surface area contributed by atoms with Gasteiger partial charge in [-0.2, -0.15) is 0 Å². The van der Waals surface area contributed by atoms with Crippen molar-refractivity contribution in [2.45, 2.75) is 262 Å². The Balaban J connectivity index is 2.21. The molecule has 1 aliphatic heterocycles. The normalized spacial score (nSPS) is 20.4. The summed E-state index contributed by atoms with van der Waals surface area (Å²) in [6, 6.07) is -0.839. The standard InChI is InChI=1S/C50H93NO10/c1-3-5-7-9-11-13-16-20-24-28-32-36-43(53)42(41-60-50-49(58)48(57)47(56)44(40-52)61-50)51-45(54)37-33-29-25-21-18-15-19-23-27-31-35-39-59-46(55)38-34-30-26-22-17-14-12-10-8-6-4-2/h16,20,32,36,42-44,47-50,52-53,56-58H,3-15,17-19,21-31,33-35,37-41H2,1-2H3,(H,51,54)/b20-16+,36-32+. The highest BCUT2D eigenvalue weighted by atomic mass is 16.7. The smallest absolute Gasteiger partial charge is 0.305 e. The molecule has 0 bridgehead atoms. The van der Waals surface area contributed by atoms with Gasteiger partial charge in [0.2, 0.25) is 5.91 Å². The number of ether oxygens (including phenoxy) is 3. The number of esters is 1. The topological polar surface area (TPSA) is 175 Å². The Kier molecular flexibility index (Phi) is 38.3. The molecule has 1 saturated heterocycles. The quantitative estimate of drug-likeness (QED) is 0.0197. The highest BCUT2D eigenvalue weighted by molar-refractivity contribution is 5.76. The van der Waals surface area contributed by atoms with Gasteiger partial charge in [0.1, 0.15) is 24.4 Å². The fourth-order valence-electron chi connectivity index (χ4n) is 7.74. The number of carbonyl (C=O) groups is 2. The van der Waals surface area contributed by atoms with Gasteiger partial charge in [0.05, 0.1) is 32.0 Å². The number of unbranched alkanes of at least 4 members (excludes halogenated alkanes) is 26. The summed E-state index contributed by atoms with van der Waals surface area (Å²) < 4.78 is 16.6. The average Bonchev–Trinajstić information content (AvgIpc) is 3.25. The van der Waals surface area contributed by atoms with E-state index in [2.05, 4.69) is 31.3 Å². The molecule has 61 heavy (non-hydrogen) atoms. The summed E-state index contributed by atoms with van der Waals surface area (Å²) in [6.07, 6.45) is 35.4. The fraction of sp³-hybridized carbons (Fsp3) is 0.880. The zero-order valence-electron chi connectivity index (χ0n) is 38.9. The van der Waals surface area contributed by atoms with E-state index in [0.29, 0.717) is 19.4 Å². The second-order valence-electron chi connectivity index (χ2n) is 17.5. The molecule has 358 valence electrons. The van der Waals surface area contributed by atoms with Crippen molar-refractivity contribution in [3.63, 3.8) is 0 Å². The number of hydrogen-bond donors (Lipinski definition) is 6. The van der Waals surface area contributed by atoms with E-state index in [0.717, 1.165) is 70.6 Å². The molecule has 1 heterocycles. The first-order chi connectivity index (χ1) is 29.7. The second kappa shape index (κ2) is 40.9. The molecule has 7 atom stereocenters. The van der Waals surface area contributed by atoms with Crippen molar-refractivity contribution in [2.75, 3.05) is 19.8 Å². The molecule has 0 aromatic carbocycles. The van der Waals surface area contributed by atoms with Crippen molar-refractivity contribution in [2.24, 2.45) is 0 Å². The molecule has 1 rings (SSSR count). The van der Waals surface area contributed by atoms with Crippen LogP contribution in [0.25, 0.3) is 0 Å². The van der Waals surface area contributed by atoms with Gasteiger partial charge in [-0.15, -0.1) is 0 Å². The van der Waals surface area contributed by atoms with Gasteiger partial charge in [-0.3, -0.25) is 9.59 Å². The summed E-state index contributed by atoms with van der Waals surface area (Å²) in [7, 11) is 0. The summed E-state index contributed by atoms with van der Waals surface area (Å²) in [5, 5.41) is 54.1. The van der Waals surface area contributed by atoms with Gasteiger partial charge in [-0.25, -0.2) is 0 Å². The lowest BCUT2D eigenvalue weighted by Crippen LogP contribution is -2.60. The minimum atomic E-state index is -1.58. The Hall–Kier alpha value is -1.86. The van der Waals surface area contributed by atoms with Crippen LogP contribution in [0.5, 0.6) is 0 Å². The number of nitrogens with one attached hydrogen (secondary N) is 1. The zero-order valence-corrected chi connectivity index (χ0v) is 38.9. The largest absolute Gasteiger partial charge is 0.466 e. The number of aliphatic hydroxyl groups excluding tert-OH is 5. The van der Waals surface area contributed by atoms with E-state index in [-0.39, 0.29) is 18.5 Å². The summed E-state index contributed by atoms with van der Waals surface area (Å²) in [4.78, 5) is 25.0. The maximum absolute atomic E-state index is 13.0. The summed E-state index contributed by atoms with van der Waals surface area (Å²) in [6.45, 7) is 4.22. The maximum atomic E-state index is 13.0. The van der Waals surface area contributed by atoms with Crippen molar-refractivity contribution >= 4 is 11.9 Å². The second-order valence-corrected chi connectivity index (χ2v) is 17.5. The molecule has 11 heteroatoms. The van der Waals surface area contributed by atoms with Crippen LogP contribution < -0.4 is 5.32 Å². The van der Waals surface area contributed by atoms with Gasteiger partial charge >= 0.3 is 5.97 Å². The van der Waals surface area contributed by atoms with Crippen LogP contribution in [0.4, 0.5) is 0 Å². The molecule has 11 nitrogen and oxygen atoms in total. The van der Waals surface area contributed by atoms with Crippen LogP contribution in [-0.4, -0.2) is 100 Å². The molecule has 0 aromatic rings. The average molecular weight is 868 g/mol. The summed E-state index contributed by atoms with van der Waals surface area (Å²) in [5.41, 5.74) is 0. The third-order valence-electron chi connectivity index (χ3n) is 11.8. The Morgan fingerprint density at radius 1 is 0.590 bits per heavy atom. The SMILES string of the molecule is CCCCCCC/C=C/CC/C=C/C(O)C(COC1OC(CO)C(O)C(O)C1O)NC(=O)CCCCCCCCCCCCCOC(=O)CCCCCCCCCCCCC. The predicted octanol–water partition coefficient (Wildman–Crippen LogP) is 9.83. The molecule has 6 N–H and O–H groups in total. The third-order valence-corrected chi connectivity index (χ3v) is 11.8. The molecule has 0 radical (unpaired) electrons. The first-order valence-electron chi connectivity index (χ1n) is 25.1. The van der Waals surface area contributed by atoms with E-state index < -0.39 is 49.5 Å². The number of allylic oxidation sites excluding steroid dienone is 3. The number of aliphatic hydroxyl groups is 5. The number of hydrogen-bond acceptors (Lipinski definition) is 10. The van der Waals surface area contributed by atoms with Crippen LogP contribution in [0.3, 0.4) is 0 Å². The van der Waals surface area contributed by atoms with Gasteiger partial charge in [-0.05, 0) is 44.9 Å². The molecule has 0 aliphatic carbocycles. The molecule has 1 aliphatic rings. The zero-order chi connectivity index (χ0) is 44.6. The van der Waals surface area contributed by atoms with Crippen LogP contribution >= 0.6 is 0 Å². The molecular formula is C50H93NO10. The van der Waals surface area contributed by atoms with Crippen molar-refractivity contribution in [3.8, 4) is 0 Å². The first kappa shape index (κ1) is 57.2. The summed E-state index contributed by atoms with van der Waals surface area (Å²) in [5.74, 6) is -0.254. The Labute approximate surface area is 371 Å². The molecule has 1 amide bonds. The van der Waals surface area contributed by atoms with E-state index in [9.17, 15) is 35.1 Å². The number of carbonyl (C=O) groups excluding carboxylic acids is 2. The van der Waals surface area contributed by atoms with Gasteiger partial charge in [-0.1, -0.05) is 186 Å². The monoisotopic (exact) mass is 868 g/mol. The highest BCUT2D eigenvalue weighted by Gasteiger charge is 2.44. The van der Waals surface area contributed by atoms with Crippen LogP contribution in [-0.2, 0) is 23.8 Å². The van der Waals surface area contributed by atoms with E-state index in [4.69, 9.17) is 14.2 Å². The lowest BCUT2D eigenvalue weighted by molar-refractivity contribution is -0.302. The predicted molar refractivity (Wildman–Crippen MR) is 246 cm³/mol. The van der Waals surface area contributed by atoms with Gasteiger partial charge in [0.15, 0.2) is 6.29 Å². The minimum absolute atomic E-state index is 0.0417. The number of amides is 1. The van der Waals surface area contributed by atoms with E-state index in [1.165, 1.54) is 122 Å². The highest BCUT2D eigenvalue weighted by Crippen LogP contribution is 2.23. The molecular weight excluding hydrogens is 775 g/mol. The van der Waals surface area contributed by atoms with Crippen molar-refractivity contribution in [3.05, 3.63) is 24.3 Å². The van der Waals surface area contributed by atoms with Crippen LogP contribution in [0.1, 0.15) is 219 Å². The third kappa shape index (κ3) is 31.6. The van der Waals surface area contributed by atoms with E-state index >= 15 is 0 Å². The number of rotatable bonds is 42. The van der Waals surface area contributed by atoms with E-state index in [1.807, 2.05) is 6.08 Å². The Morgan fingerprint density at radius 2 is 1.07 bits per heavy atom. The molecule has 0 aromatic heterocycles. The molecule has 0 saturated carbocycles. The summed E-state index contributed by atoms with van der Waals surface area (Å²) >= 11 is 0. The van der Waals surface area contributed by atoms with Gasteiger partial charge in [0.25, 0.3) is 0 Å². The van der Waals surface area contributed by atoms with Crippen molar-refractivity contribution in [1.29, 1.82) is 0 Å². The fourth-order valence-corrected chi connectivity index (χ4v) is 7.74. The van der Waals surface area contributed by atoms with Crippen LogP contribution in [0.2, 0.25) is 0 Å². The molecule has 7 unspecified atom stereocenters. The molecule has 1 fully saturated rings. The maximum Gasteiger partial charge on any atom is 0.305 e. The van der Waals surface area contributed by atoms with Crippen LogP contribution in [0.15, 0.2) is 24.3 Å². The first-order valence-corrected chi connectivity index (χ1v) is 25.1. The van der Waals surface area contributed by atoms with Gasteiger partial charge < -0.3 is 45.1 Å². The lowest BCUT2D eigenvalue weighted by Gasteiger charge is -2.40. The van der Waals surface area contributed by atoms with E-state index in [1.54, 1.807) is 6.08 Å². The Bertz CT molecular complexity index is 1070.